The van der Waals surface area contributed by atoms with E-state index in [1.807, 2.05) is 0 Å². The highest BCUT2D eigenvalue weighted by atomic mass is 16.6. The van der Waals surface area contributed by atoms with E-state index in [1.165, 1.54) is 13.8 Å². The predicted molar refractivity (Wildman–Crippen MR) is 90.0 cm³/mol. The molecular formula is C18H23NO6. The molecule has 0 saturated carbocycles. The van der Waals surface area contributed by atoms with E-state index >= 15 is 0 Å². The van der Waals surface area contributed by atoms with Crippen molar-refractivity contribution in [3.05, 3.63) is 35.4 Å². The number of esters is 2. The molecule has 0 atom stereocenters. The minimum absolute atomic E-state index is 0.0348. The Morgan fingerprint density at radius 3 is 2.00 bits per heavy atom. The lowest BCUT2D eigenvalue weighted by molar-refractivity contribution is -0.168. The minimum Gasteiger partial charge on any atom is -0.464 e. The van der Waals surface area contributed by atoms with Crippen molar-refractivity contribution in [2.75, 3.05) is 13.2 Å². The van der Waals surface area contributed by atoms with E-state index in [0.29, 0.717) is 11.1 Å². The van der Waals surface area contributed by atoms with Crippen LogP contribution in [0, 0.1) is 0 Å². The van der Waals surface area contributed by atoms with Gasteiger partial charge in [0.2, 0.25) is 11.4 Å². The number of ketones is 1. The first-order valence-electron chi connectivity index (χ1n) is 7.99. The van der Waals surface area contributed by atoms with E-state index in [0.717, 1.165) is 0 Å². The summed E-state index contributed by atoms with van der Waals surface area (Å²) < 4.78 is 10.0. The van der Waals surface area contributed by atoms with Crippen molar-refractivity contribution in [3.8, 4) is 0 Å². The molecule has 1 N–H and O–H groups in total. The second-order valence-corrected chi connectivity index (χ2v) is 5.46. The van der Waals surface area contributed by atoms with Gasteiger partial charge in [0.1, 0.15) is 0 Å². The van der Waals surface area contributed by atoms with E-state index in [9.17, 15) is 19.2 Å². The predicted octanol–water partition coefficient (Wildman–Crippen LogP) is 1.43. The quantitative estimate of drug-likeness (QED) is 0.433. The summed E-state index contributed by atoms with van der Waals surface area (Å²) in [4.78, 5) is 48.3. The van der Waals surface area contributed by atoms with E-state index < -0.39 is 23.4 Å². The van der Waals surface area contributed by atoms with E-state index in [1.54, 1.807) is 38.1 Å². The Morgan fingerprint density at radius 1 is 1.00 bits per heavy atom. The third-order valence-corrected chi connectivity index (χ3v) is 3.44. The molecule has 0 spiro atoms. The van der Waals surface area contributed by atoms with E-state index in [2.05, 4.69) is 5.32 Å². The summed E-state index contributed by atoms with van der Waals surface area (Å²) in [7, 11) is 0. The van der Waals surface area contributed by atoms with Gasteiger partial charge in [-0.05, 0) is 32.4 Å². The first kappa shape index (κ1) is 20.3. The summed E-state index contributed by atoms with van der Waals surface area (Å²) in [5.74, 6) is -2.54. The van der Waals surface area contributed by atoms with Gasteiger partial charge in [0.25, 0.3) is 0 Å². The van der Waals surface area contributed by atoms with Gasteiger partial charge in [-0.15, -0.1) is 0 Å². The van der Waals surface area contributed by atoms with Crippen molar-refractivity contribution >= 4 is 23.6 Å². The smallest absolute Gasteiger partial charge is 0.344 e. The number of nitrogens with one attached hydrogen (secondary N) is 1. The van der Waals surface area contributed by atoms with Crippen LogP contribution in [0.25, 0.3) is 0 Å². The van der Waals surface area contributed by atoms with Gasteiger partial charge in [-0.2, -0.15) is 0 Å². The standard InChI is InChI=1S/C18H23NO6/c1-5-24-16(22)18(19-13(4)21,17(23)25-6-2)11-14-8-7-9-15(10-14)12(3)20/h7-10H,5-6,11H2,1-4H3,(H,19,21). The maximum absolute atomic E-state index is 12.5. The van der Waals surface area contributed by atoms with Gasteiger partial charge in [0, 0.05) is 18.9 Å². The lowest BCUT2D eigenvalue weighted by Gasteiger charge is -2.29. The van der Waals surface area contributed by atoms with Gasteiger partial charge in [-0.1, -0.05) is 18.2 Å². The highest BCUT2D eigenvalue weighted by Crippen LogP contribution is 2.20. The summed E-state index contributed by atoms with van der Waals surface area (Å²) in [6.07, 6.45) is -0.189. The van der Waals surface area contributed by atoms with Crippen LogP contribution in [0.4, 0.5) is 0 Å². The van der Waals surface area contributed by atoms with Crippen molar-refractivity contribution in [2.24, 2.45) is 0 Å². The number of carbonyl (C=O) groups is 4. The first-order valence-corrected chi connectivity index (χ1v) is 7.99. The van der Waals surface area contributed by atoms with Crippen LogP contribution in [-0.4, -0.2) is 42.4 Å². The molecule has 25 heavy (non-hydrogen) atoms. The van der Waals surface area contributed by atoms with E-state index in [4.69, 9.17) is 9.47 Å². The Hall–Kier alpha value is -2.70. The molecule has 7 nitrogen and oxygen atoms in total. The molecule has 0 aliphatic carbocycles. The lowest BCUT2D eigenvalue weighted by atomic mass is 9.89. The average molecular weight is 349 g/mol. The van der Waals surface area contributed by atoms with Crippen LogP contribution < -0.4 is 5.32 Å². The monoisotopic (exact) mass is 349 g/mol. The number of hydrogen-bond donors (Lipinski definition) is 1. The number of carbonyl (C=O) groups excluding carboxylic acids is 4. The molecule has 0 saturated heterocycles. The summed E-state index contributed by atoms with van der Waals surface area (Å²) in [6.45, 7) is 5.87. The third-order valence-electron chi connectivity index (χ3n) is 3.44. The molecule has 0 aliphatic rings. The molecule has 0 aromatic heterocycles. The van der Waals surface area contributed by atoms with Gasteiger partial charge < -0.3 is 14.8 Å². The second-order valence-electron chi connectivity index (χ2n) is 5.46. The molecule has 1 amide bonds. The van der Waals surface area contributed by atoms with Crippen LogP contribution in [0.3, 0.4) is 0 Å². The molecule has 0 unspecified atom stereocenters. The van der Waals surface area contributed by atoms with Crippen LogP contribution in [-0.2, 0) is 30.3 Å². The lowest BCUT2D eigenvalue weighted by Crippen LogP contribution is -2.62. The third kappa shape index (κ3) is 5.14. The van der Waals surface area contributed by atoms with Crippen LogP contribution in [0.1, 0.15) is 43.6 Å². The van der Waals surface area contributed by atoms with Crippen LogP contribution in [0.15, 0.2) is 24.3 Å². The van der Waals surface area contributed by atoms with Gasteiger partial charge in [-0.3, -0.25) is 9.59 Å². The molecule has 1 rings (SSSR count). The van der Waals surface area contributed by atoms with Gasteiger partial charge in [-0.25, -0.2) is 9.59 Å². The maximum atomic E-state index is 12.5. The van der Waals surface area contributed by atoms with E-state index in [-0.39, 0.29) is 25.4 Å². The Morgan fingerprint density at radius 2 is 1.56 bits per heavy atom. The molecule has 1 aromatic carbocycles. The minimum atomic E-state index is -2.01. The van der Waals surface area contributed by atoms with Crippen molar-refractivity contribution in [2.45, 2.75) is 39.7 Å². The van der Waals surface area contributed by atoms with Crippen molar-refractivity contribution in [1.29, 1.82) is 0 Å². The normalized spacial score (nSPS) is 10.7. The fourth-order valence-electron chi connectivity index (χ4n) is 2.39. The van der Waals surface area contributed by atoms with Crippen molar-refractivity contribution in [1.82, 2.24) is 5.32 Å². The summed E-state index contributed by atoms with van der Waals surface area (Å²) in [5.41, 5.74) is -1.06. The SMILES string of the molecule is CCOC(=O)C(Cc1cccc(C(C)=O)c1)(NC(C)=O)C(=O)OCC. The topological polar surface area (TPSA) is 98.8 Å². The molecule has 0 radical (unpaired) electrons. The zero-order chi connectivity index (χ0) is 19.0. The Bertz CT molecular complexity index is 649. The van der Waals surface area contributed by atoms with Crippen molar-refractivity contribution < 1.29 is 28.7 Å². The van der Waals surface area contributed by atoms with Gasteiger partial charge in [0.15, 0.2) is 5.78 Å². The number of benzene rings is 1. The summed E-state index contributed by atoms with van der Waals surface area (Å²) in [6, 6.07) is 6.49. The molecule has 0 fully saturated rings. The summed E-state index contributed by atoms with van der Waals surface area (Å²) in [5, 5.41) is 2.39. The molecule has 0 bridgehead atoms. The van der Waals surface area contributed by atoms with Crippen LogP contribution >= 0.6 is 0 Å². The highest BCUT2D eigenvalue weighted by Gasteiger charge is 2.50. The molecule has 0 aliphatic heterocycles. The highest BCUT2D eigenvalue weighted by molar-refractivity contribution is 6.08. The van der Waals surface area contributed by atoms with Crippen LogP contribution in [0.5, 0.6) is 0 Å². The number of hydrogen-bond acceptors (Lipinski definition) is 6. The van der Waals surface area contributed by atoms with Gasteiger partial charge >= 0.3 is 11.9 Å². The Balaban J connectivity index is 3.38. The first-order chi connectivity index (χ1) is 11.8. The fourth-order valence-corrected chi connectivity index (χ4v) is 2.39. The summed E-state index contributed by atoms with van der Waals surface area (Å²) >= 11 is 0. The molecule has 1 aromatic rings. The zero-order valence-electron chi connectivity index (χ0n) is 14.9. The molecule has 0 heterocycles. The van der Waals surface area contributed by atoms with Crippen LogP contribution in [0.2, 0.25) is 0 Å². The largest absolute Gasteiger partial charge is 0.464 e. The Labute approximate surface area is 146 Å². The number of rotatable bonds is 8. The second kappa shape index (κ2) is 8.96. The molecule has 136 valence electrons. The molecular weight excluding hydrogens is 326 g/mol. The Kier molecular flexibility index (Phi) is 7.29. The number of amides is 1. The fraction of sp³-hybridized carbons (Fsp3) is 0.444. The molecule has 7 heteroatoms. The average Bonchev–Trinajstić information content (AvgIpc) is 2.54. The maximum Gasteiger partial charge on any atom is 0.344 e. The number of ether oxygens (including phenoxy) is 2. The number of Topliss-reactive ketones (excluding diaryl/α,β-unsaturated/α-hetero) is 1. The van der Waals surface area contributed by atoms with Crippen molar-refractivity contribution in [3.63, 3.8) is 0 Å². The van der Waals surface area contributed by atoms with Gasteiger partial charge in [0.05, 0.1) is 13.2 Å². The zero-order valence-corrected chi connectivity index (χ0v) is 14.9.